The van der Waals surface area contributed by atoms with E-state index in [0.29, 0.717) is 11.4 Å². The molecule has 1 saturated heterocycles. The first-order valence-electron chi connectivity index (χ1n) is 8.80. The zero-order valence-corrected chi connectivity index (χ0v) is 16.9. The van der Waals surface area contributed by atoms with Gasteiger partial charge in [0.2, 0.25) is 15.9 Å². The Balaban J connectivity index is 2.26. The first kappa shape index (κ1) is 19.9. The molecule has 1 N–H and O–H groups in total. The van der Waals surface area contributed by atoms with Crippen LogP contribution in [0, 0.1) is 13.8 Å². The van der Waals surface area contributed by atoms with E-state index < -0.39 is 15.6 Å². The first-order chi connectivity index (χ1) is 11.4. The molecule has 25 heavy (non-hydrogen) atoms. The summed E-state index contributed by atoms with van der Waals surface area (Å²) in [6.07, 6.45) is 3.17. The summed E-state index contributed by atoms with van der Waals surface area (Å²) < 4.78 is 29.5. The van der Waals surface area contributed by atoms with Crippen molar-refractivity contribution in [3.63, 3.8) is 0 Å². The molecule has 1 unspecified atom stereocenters. The van der Waals surface area contributed by atoms with Crippen molar-refractivity contribution in [2.75, 3.05) is 6.54 Å². The van der Waals surface area contributed by atoms with E-state index in [4.69, 9.17) is 0 Å². The van der Waals surface area contributed by atoms with Crippen molar-refractivity contribution >= 4 is 15.9 Å². The number of sulfonamides is 1. The summed E-state index contributed by atoms with van der Waals surface area (Å²) in [6, 6.07) is 0.226. The van der Waals surface area contributed by atoms with Gasteiger partial charge in [-0.05, 0) is 60.8 Å². The van der Waals surface area contributed by atoms with Crippen LogP contribution >= 0.6 is 0 Å². The van der Waals surface area contributed by atoms with Crippen molar-refractivity contribution in [1.29, 1.82) is 0 Å². The zero-order chi connectivity index (χ0) is 19.0. The van der Waals surface area contributed by atoms with Crippen molar-refractivity contribution in [3.8, 4) is 0 Å². The quantitative estimate of drug-likeness (QED) is 0.878. The largest absolute Gasteiger partial charge is 0.338 e. The van der Waals surface area contributed by atoms with Gasteiger partial charge >= 0.3 is 0 Å². The average Bonchev–Trinajstić information content (AvgIpc) is 2.71. The van der Waals surface area contributed by atoms with Crippen LogP contribution in [0.25, 0.3) is 0 Å². The van der Waals surface area contributed by atoms with E-state index >= 15 is 0 Å². The van der Waals surface area contributed by atoms with Gasteiger partial charge in [0.05, 0.1) is 11.4 Å². The van der Waals surface area contributed by atoms with Gasteiger partial charge in [-0.3, -0.25) is 9.48 Å². The van der Waals surface area contributed by atoms with Crippen LogP contribution in [0.3, 0.4) is 0 Å². The van der Waals surface area contributed by atoms with E-state index in [1.807, 2.05) is 4.90 Å². The molecule has 1 fully saturated rings. The summed E-state index contributed by atoms with van der Waals surface area (Å²) in [4.78, 5) is 14.7. The molecule has 8 heteroatoms. The van der Waals surface area contributed by atoms with Crippen LogP contribution in [0.2, 0.25) is 0 Å². The molecule has 142 valence electrons. The summed E-state index contributed by atoms with van der Waals surface area (Å²) in [5.74, 6) is -0.00877. The lowest BCUT2D eigenvalue weighted by atomic mass is 10.0. The lowest BCUT2D eigenvalue weighted by Gasteiger charge is -2.33. The third-order valence-corrected chi connectivity index (χ3v) is 6.44. The molecule has 0 spiro atoms. The number of aryl methyl sites for hydroxylation is 1. The van der Waals surface area contributed by atoms with E-state index in [1.54, 1.807) is 34.6 Å². The molecule has 1 aliphatic rings. The summed E-state index contributed by atoms with van der Waals surface area (Å²) in [7, 11) is -3.69. The van der Waals surface area contributed by atoms with E-state index in [0.717, 1.165) is 25.8 Å². The summed E-state index contributed by atoms with van der Waals surface area (Å²) in [5.41, 5.74) is 0.319. The van der Waals surface area contributed by atoms with E-state index in [-0.39, 0.29) is 23.4 Å². The SMILES string of the molecule is Cc1nn(CC(=O)N2CCCCC2C)c(C)c1S(=O)(=O)NC(C)(C)C. The number of piperidine rings is 1. The molecule has 1 aromatic rings. The highest BCUT2D eigenvalue weighted by Crippen LogP contribution is 2.22. The number of aromatic nitrogens is 2. The van der Waals surface area contributed by atoms with Gasteiger partial charge < -0.3 is 4.90 Å². The molecule has 1 aliphatic heterocycles. The minimum Gasteiger partial charge on any atom is -0.338 e. The normalized spacial score (nSPS) is 19.3. The van der Waals surface area contributed by atoms with Crippen LogP contribution in [0.5, 0.6) is 0 Å². The molecular weight excluding hydrogens is 340 g/mol. The molecular formula is C17H30N4O3S. The maximum atomic E-state index is 12.7. The fourth-order valence-electron chi connectivity index (χ4n) is 3.37. The van der Waals surface area contributed by atoms with Gasteiger partial charge in [-0.2, -0.15) is 5.10 Å². The fourth-order valence-corrected chi connectivity index (χ4v) is 5.20. The minimum absolute atomic E-state index is 0.00877. The van der Waals surface area contributed by atoms with Crippen LogP contribution in [-0.4, -0.2) is 47.1 Å². The van der Waals surface area contributed by atoms with Crippen molar-refractivity contribution < 1.29 is 13.2 Å². The number of carbonyl (C=O) groups excluding carboxylic acids is 1. The Kier molecular flexibility index (Phi) is 5.63. The van der Waals surface area contributed by atoms with Crippen molar-refractivity contribution in [3.05, 3.63) is 11.4 Å². The Morgan fingerprint density at radius 2 is 1.92 bits per heavy atom. The monoisotopic (exact) mass is 370 g/mol. The number of hydrogen-bond acceptors (Lipinski definition) is 4. The third kappa shape index (κ3) is 4.61. The highest BCUT2D eigenvalue weighted by atomic mass is 32.2. The van der Waals surface area contributed by atoms with Gasteiger partial charge in [0.15, 0.2) is 0 Å². The van der Waals surface area contributed by atoms with Crippen LogP contribution in [-0.2, 0) is 21.4 Å². The smallest absolute Gasteiger partial charge is 0.244 e. The Hall–Kier alpha value is -1.41. The number of nitrogens with one attached hydrogen (secondary N) is 1. The molecule has 2 rings (SSSR count). The zero-order valence-electron chi connectivity index (χ0n) is 16.1. The number of likely N-dealkylation sites (tertiary alicyclic amines) is 1. The van der Waals surface area contributed by atoms with Crippen LogP contribution in [0.15, 0.2) is 4.90 Å². The number of hydrogen-bond donors (Lipinski definition) is 1. The second-order valence-electron chi connectivity index (χ2n) is 7.95. The van der Waals surface area contributed by atoms with Gasteiger partial charge in [0.25, 0.3) is 0 Å². The van der Waals surface area contributed by atoms with Crippen LogP contribution < -0.4 is 4.72 Å². The predicted molar refractivity (Wildman–Crippen MR) is 96.8 cm³/mol. The maximum Gasteiger partial charge on any atom is 0.244 e. The number of nitrogens with zero attached hydrogens (tertiary/aromatic N) is 3. The van der Waals surface area contributed by atoms with Gasteiger partial charge in [-0.1, -0.05) is 0 Å². The van der Waals surface area contributed by atoms with Crippen LogP contribution in [0.4, 0.5) is 0 Å². The van der Waals surface area contributed by atoms with Crippen molar-refractivity contribution in [2.24, 2.45) is 0 Å². The minimum atomic E-state index is -3.69. The molecule has 2 heterocycles. The lowest BCUT2D eigenvalue weighted by molar-refractivity contribution is -0.135. The average molecular weight is 371 g/mol. The maximum absolute atomic E-state index is 12.7. The van der Waals surface area contributed by atoms with Crippen molar-refractivity contribution in [2.45, 2.75) is 83.8 Å². The van der Waals surface area contributed by atoms with E-state index in [1.165, 1.54) is 4.68 Å². The number of rotatable bonds is 4. The second-order valence-corrected chi connectivity index (χ2v) is 9.56. The Morgan fingerprint density at radius 3 is 2.48 bits per heavy atom. The molecule has 0 bridgehead atoms. The van der Waals surface area contributed by atoms with Gasteiger partial charge in [-0.25, -0.2) is 13.1 Å². The summed E-state index contributed by atoms with van der Waals surface area (Å²) >= 11 is 0. The molecule has 0 aliphatic carbocycles. The Bertz CT molecular complexity index is 747. The highest BCUT2D eigenvalue weighted by molar-refractivity contribution is 7.89. The summed E-state index contributed by atoms with van der Waals surface area (Å²) in [6.45, 7) is 11.6. The first-order valence-corrected chi connectivity index (χ1v) is 10.3. The highest BCUT2D eigenvalue weighted by Gasteiger charge is 2.30. The molecule has 0 aromatic carbocycles. The molecule has 1 amide bonds. The van der Waals surface area contributed by atoms with E-state index in [2.05, 4.69) is 16.7 Å². The van der Waals surface area contributed by atoms with Gasteiger partial charge in [0.1, 0.15) is 11.4 Å². The topological polar surface area (TPSA) is 84.3 Å². The number of carbonyl (C=O) groups is 1. The molecule has 0 saturated carbocycles. The van der Waals surface area contributed by atoms with Gasteiger partial charge in [-0.15, -0.1) is 0 Å². The Labute approximate surface area is 150 Å². The second kappa shape index (κ2) is 7.07. The van der Waals surface area contributed by atoms with E-state index in [9.17, 15) is 13.2 Å². The van der Waals surface area contributed by atoms with Gasteiger partial charge in [0, 0.05) is 18.1 Å². The lowest BCUT2D eigenvalue weighted by Crippen LogP contribution is -2.43. The molecule has 7 nitrogen and oxygen atoms in total. The third-order valence-electron chi connectivity index (χ3n) is 4.43. The van der Waals surface area contributed by atoms with Crippen LogP contribution in [0.1, 0.15) is 58.3 Å². The molecule has 1 aromatic heterocycles. The molecule has 0 radical (unpaired) electrons. The Morgan fingerprint density at radius 1 is 1.28 bits per heavy atom. The molecule has 1 atom stereocenters. The van der Waals surface area contributed by atoms with Crippen molar-refractivity contribution in [1.82, 2.24) is 19.4 Å². The standard InChI is InChI=1S/C17H30N4O3S/c1-12-9-7-8-10-20(12)15(22)11-21-14(3)16(13(2)18-21)25(23,24)19-17(4,5)6/h12,19H,7-11H2,1-6H3. The summed E-state index contributed by atoms with van der Waals surface area (Å²) in [5, 5.41) is 4.32. The predicted octanol–water partition coefficient (Wildman–Crippen LogP) is 1.98. The fraction of sp³-hybridized carbons (Fsp3) is 0.765. The number of amides is 1.